The van der Waals surface area contributed by atoms with E-state index in [2.05, 4.69) is 39.9 Å². The van der Waals surface area contributed by atoms with Crippen molar-refractivity contribution in [2.75, 3.05) is 0 Å². The van der Waals surface area contributed by atoms with Crippen LogP contribution in [-0.4, -0.2) is 26.8 Å². The molecule has 0 bridgehead atoms. The maximum atomic E-state index is 12.7. The summed E-state index contributed by atoms with van der Waals surface area (Å²) >= 11 is 14.3. The number of thioether (sulfide) groups is 1. The fraction of sp³-hybridized carbons (Fsp3) is 0.400. The molecule has 180 valence electrons. The van der Waals surface area contributed by atoms with Crippen LogP contribution in [0.25, 0.3) is 5.69 Å². The van der Waals surface area contributed by atoms with Gasteiger partial charge in [-0.15, -0.1) is 10.2 Å². The van der Waals surface area contributed by atoms with Crippen LogP contribution in [0.5, 0.6) is 0 Å². The largest absolute Gasteiger partial charge is 0.335 e. The summed E-state index contributed by atoms with van der Waals surface area (Å²) in [5.74, 6) is 1.34. The lowest BCUT2D eigenvalue weighted by atomic mass is 9.96. The third kappa shape index (κ3) is 6.06. The maximum Gasteiger partial charge on any atom is 0.315 e. The van der Waals surface area contributed by atoms with E-state index in [-0.39, 0.29) is 18.1 Å². The molecule has 3 aromatic rings. The zero-order valence-electron chi connectivity index (χ0n) is 19.4. The number of urea groups is 1. The molecule has 1 atom stereocenters. The Hall–Kier alpha value is -2.22. The van der Waals surface area contributed by atoms with E-state index in [1.807, 2.05) is 29.7 Å². The third-order valence-corrected chi connectivity index (χ3v) is 7.62. The zero-order chi connectivity index (χ0) is 24.1. The van der Waals surface area contributed by atoms with Crippen LogP contribution in [0.1, 0.15) is 62.0 Å². The molecular formula is C25H29Cl2N5OS. The first kappa shape index (κ1) is 24.9. The Morgan fingerprint density at radius 1 is 1.15 bits per heavy atom. The lowest BCUT2D eigenvalue weighted by Gasteiger charge is -2.24. The van der Waals surface area contributed by atoms with E-state index in [1.54, 1.807) is 23.9 Å². The highest BCUT2D eigenvalue weighted by atomic mass is 35.5. The Morgan fingerprint density at radius 3 is 2.65 bits per heavy atom. The molecule has 1 aliphatic carbocycles. The minimum atomic E-state index is -0.379. The van der Waals surface area contributed by atoms with Crippen molar-refractivity contribution in [3.05, 3.63) is 69.5 Å². The van der Waals surface area contributed by atoms with Crippen LogP contribution in [0.3, 0.4) is 0 Å². The van der Waals surface area contributed by atoms with Crippen molar-refractivity contribution in [1.29, 1.82) is 0 Å². The predicted octanol–water partition coefficient (Wildman–Crippen LogP) is 6.87. The molecule has 1 saturated carbocycles. The number of hydrogen-bond donors (Lipinski definition) is 2. The molecule has 0 radical (unpaired) electrons. The van der Waals surface area contributed by atoms with Gasteiger partial charge in [0.05, 0.1) is 16.8 Å². The van der Waals surface area contributed by atoms with Crippen LogP contribution in [-0.2, 0) is 5.75 Å². The number of hydrogen-bond acceptors (Lipinski definition) is 4. The summed E-state index contributed by atoms with van der Waals surface area (Å²) in [4.78, 5) is 12.7. The highest BCUT2D eigenvalue weighted by Gasteiger charge is 2.24. The van der Waals surface area contributed by atoms with Gasteiger partial charge in [-0.3, -0.25) is 4.57 Å². The van der Waals surface area contributed by atoms with Gasteiger partial charge in [-0.2, -0.15) is 0 Å². The first-order valence-corrected chi connectivity index (χ1v) is 13.3. The van der Waals surface area contributed by atoms with Crippen molar-refractivity contribution >= 4 is 41.0 Å². The van der Waals surface area contributed by atoms with Gasteiger partial charge in [-0.05, 0) is 56.0 Å². The molecule has 0 spiro atoms. The number of aryl methyl sites for hydroxylation is 1. The van der Waals surface area contributed by atoms with Crippen molar-refractivity contribution in [2.45, 2.75) is 68.9 Å². The number of rotatable bonds is 7. The van der Waals surface area contributed by atoms with Crippen molar-refractivity contribution < 1.29 is 4.79 Å². The Morgan fingerprint density at radius 2 is 1.91 bits per heavy atom. The zero-order valence-corrected chi connectivity index (χ0v) is 21.7. The van der Waals surface area contributed by atoms with Gasteiger partial charge < -0.3 is 10.6 Å². The second kappa shape index (κ2) is 11.5. The second-order valence-electron chi connectivity index (χ2n) is 8.66. The molecule has 0 aliphatic heterocycles. The van der Waals surface area contributed by atoms with Gasteiger partial charge in [0.2, 0.25) is 0 Å². The molecule has 2 amide bonds. The number of carbonyl (C=O) groups is 1. The van der Waals surface area contributed by atoms with Crippen LogP contribution in [0.15, 0.2) is 47.6 Å². The molecule has 2 aromatic carbocycles. The number of benzene rings is 2. The molecule has 1 fully saturated rings. The number of aromatic nitrogens is 3. The average Bonchev–Trinajstić information content (AvgIpc) is 3.23. The molecule has 6 nitrogen and oxygen atoms in total. The van der Waals surface area contributed by atoms with Crippen molar-refractivity contribution in [2.24, 2.45) is 0 Å². The normalized spacial score (nSPS) is 15.2. The minimum Gasteiger partial charge on any atom is -0.335 e. The summed E-state index contributed by atoms with van der Waals surface area (Å²) in [7, 11) is 0. The number of nitrogens with one attached hydrogen (secondary N) is 2. The SMILES string of the molecule is Cc1ccccc1CSc1nnc(C(C)NC(=O)NC2CCCCC2)n1-c1ccc(Cl)cc1Cl. The average molecular weight is 519 g/mol. The van der Waals surface area contributed by atoms with Gasteiger partial charge in [-0.1, -0.05) is 78.5 Å². The predicted molar refractivity (Wildman–Crippen MR) is 139 cm³/mol. The van der Waals surface area contributed by atoms with Crippen molar-refractivity contribution in [3.63, 3.8) is 0 Å². The number of amides is 2. The van der Waals surface area contributed by atoms with E-state index in [1.165, 1.54) is 17.5 Å². The highest BCUT2D eigenvalue weighted by molar-refractivity contribution is 7.98. The summed E-state index contributed by atoms with van der Waals surface area (Å²) in [5, 5.41) is 16.8. The van der Waals surface area contributed by atoms with E-state index in [0.29, 0.717) is 21.0 Å². The van der Waals surface area contributed by atoms with Crippen LogP contribution in [0.2, 0.25) is 10.0 Å². The Balaban J connectivity index is 1.58. The molecule has 2 N–H and O–H groups in total. The fourth-order valence-electron chi connectivity index (χ4n) is 4.19. The summed E-state index contributed by atoms with van der Waals surface area (Å²) in [6, 6.07) is 13.3. The van der Waals surface area contributed by atoms with Gasteiger partial charge >= 0.3 is 6.03 Å². The highest BCUT2D eigenvalue weighted by Crippen LogP contribution is 2.32. The minimum absolute atomic E-state index is 0.190. The monoisotopic (exact) mass is 517 g/mol. The number of nitrogens with zero attached hydrogens (tertiary/aromatic N) is 3. The third-order valence-electron chi connectivity index (χ3n) is 6.10. The molecule has 1 unspecified atom stereocenters. The molecular weight excluding hydrogens is 489 g/mol. The summed E-state index contributed by atoms with van der Waals surface area (Å²) in [6.07, 6.45) is 5.61. The topological polar surface area (TPSA) is 71.8 Å². The smallest absolute Gasteiger partial charge is 0.315 e. The van der Waals surface area contributed by atoms with Crippen LogP contribution < -0.4 is 10.6 Å². The maximum absolute atomic E-state index is 12.7. The molecule has 1 aliphatic rings. The van der Waals surface area contributed by atoms with Gasteiger partial charge in [-0.25, -0.2) is 4.79 Å². The fourth-order valence-corrected chi connectivity index (χ4v) is 5.71. The quantitative estimate of drug-likeness (QED) is 0.335. The van der Waals surface area contributed by atoms with E-state index in [0.717, 1.165) is 37.1 Å². The van der Waals surface area contributed by atoms with Crippen molar-refractivity contribution in [3.8, 4) is 5.69 Å². The van der Waals surface area contributed by atoms with E-state index in [4.69, 9.17) is 23.2 Å². The van der Waals surface area contributed by atoms with Gasteiger partial charge in [0.1, 0.15) is 0 Å². The molecule has 1 heterocycles. The van der Waals surface area contributed by atoms with Gasteiger partial charge in [0.15, 0.2) is 11.0 Å². The van der Waals surface area contributed by atoms with Crippen molar-refractivity contribution in [1.82, 2.24) is 25.4 Å². The number of halogens is 2. The molecule has 34 heavy (non-hydrogen) atoms. The Labute approximate surface area is 214 Å². The van der Waals surface area contributed by atoms with E-state index < -0.39 is 0 Å². The molecule has 4 rings (SSSR count). The summed E-state index contributed by atoms with van der Waals surface area (Å²) < 4.78 is 1.91. The van der Waals surface area contributed by atoms with Gasteiger partial charge in [0.25, 0.3) is 0 Å². The lowest BCUT2D eigenvalue weighted by Crippen LogP contribution is -2.44. The molecule has 9 heteroatoms. The number of carbonyl (C=O) groups excluding carboxylic acids is 1. The first-order valence-electron chi connectivity index (χ1n) is 11.6. The summed E-state index contributed by atoms with van der Waals surface area (Å²) in [5.41, 5.74) is 3.17. The standard InChI is InChI=1S/C25H29Cl2N5OS/c1-16-8-6-7-9-18(16)15-34-25-31-30-23(32(25)22-13-12-19(26)14-21(22)27)17(2)28-24(33)29-20-10-4-3-5-11-20/h6-9,12-14,17,20H,3-5,10-11,15H2,1-2H3,(H2,28,29,33). The van der Waals surface area contributed by atoms with E-state index >= 15 is 0 Å². The lowest BCUT2D eigenvalue weighted by molar-refractivity contribution is 0.229. The van der Waals surface area contributed by atoms with Crippen LogP contribution in [0, 0.1) is 6.92 Å². The van der Waals surface area contributed by atoms with Crippen LogP contribution in [0.4, 0.5) is 4.79 Å². The van der Waals surface area contributed by atoms with E-state index in [9.17, 15) is 4.79 Å². The van der Waals surface area contributed by atoms with Gasteiger partial charge in [0, 0.05) is 16.8 Å². The molecule has 1 aromatic heterocycles. The Bertz CT molecular complexity index is 1150. The second-order valence-corrected chi connectivity index (χ2v) is 10.4. The Kier molecular flexibility index (Phi) is 8.40. The molecule has 0 saturated heterocycles. The first-order chi connectivity index (χ1) is 16.4. The van der Waals surface area contributed by atoms with Crippen LogP contribution >= 0.6 is 35.0 Å². The summed E-state index contributed by atoms with van der Waals surface area (Å²) in [6.45, 7) is 4.00.